The molecular weight excluding hydrogens is 288 g/mol. The van der Waals surface area contributed by atoms with Crippen LogP contribution in [0.1, 0.15) is 44.9 Å². The Morgan fingerprint density at radius 3 is 2.78 bits per heavy atom. The van der Waals surface area contributed by atoms with Crippen LogP contribution in [0.3, 0.4) is 0 Å². The number of likely N-dealkylation sites (tertiary alicyclic amines) is 1. The predicted molar refractivity (Wildman–Crippen MR) is 88.8 cm³/mol. The first-order valence-corrected chi connectivity index (χ1v) is 8.90. The molecule has 1 aliphatic carbocycles. The van der Waals surface area contributed by atoms with Gasteiger partial charge in [-0.15, -0.1) is 5.10 Å². The fraction of sp³-hybridized carbons (Fsp3) is 0.611. The second-order valence-corrected chi connectivity index (χ2v) is 6.93. The van der Waals surface area contributed by atoms with E-state index in [1.54, 1.807) is 4.68 Å². The van der Waals surface area contributed by atoms with Crippen molar-refractivity contribution in [3.8, 4) is 0 Å². The third-order valence-corrected chi connectivity index (χ3v) is 5.52. The first-order chi connectivity index (χ1) is 11.3. The lowest BCUT2D eigenvalue weighted by Crippen LogP contribution is -2.42. The number of benzene rings is 1. The number of fused-ring (bicyclic) bond motifs is 1. The summed E-state index contributed by atoms with van der Waals surface area (Å²) in [6, 6.07) is 8.28. The zero-order chi connectivity index (χ0) is 15.6. The van der Waals surface area contributed by atoms with Gasteiger partial charge in [0.1, 0.15) is 12.1 Å². The lowest BCUT2D eigenvalue weighted by Gasteiger charge is -2.34. The van der Waals surface area contributed by atoms with Gasteiger partial charge in [-0.3, -0.25) is 4.79 Å². The molecule has 0 N–H and O–H groups in total. The van der Waals surface area contributed by atoms with Crippen LogP contribution >= 0.6 is 0 Å². The molecule has 1 unspecified atom stereocenters. The lowest BCUT2D eigenvalue weighted by atomic mass is 9.83. The van der Waals surface area contributed by atoms with Gasteiger partial charge in [-0.05, 0) is 43.7 Å². The van der Waals surface area contributed by atoms with Gasteiger partial charge in [-0.2, -0.15) is 0 Å². The molecule has 1 aliphatic heterocycles. The molecule has 2 heterocycles. The first-order valence-electron chi connectivity index (χ1n) is 8.90. The van der Waals surface area contributed by atoms with Crippen molar-refractivity contribution in [2.24, 2.45) is 5.92 Å². The summed E-state index contributed by atoms with van der Waals surface area (Å²) in [6.07, 6.45) is 8.93. The van der Waals surface area contributed by atoms with Crippen LogP contribution in [0.2, 0.25) is 0 Å². The van der Waals surface area contributed by atoms with Gasteiger partial charge >= 0.3 is 0 Å². The first kappa shape index (κ1) is 14.7. The van der Waals surface area contributed by atoms with Crippen molar-refractivity contribution < 1.29 is 4.79 Å². The standard InChI is InChI=1S/C18H24N4O/c23-18(13-22-17-10-5-4-9-15(17)19-20-22)21-12-6-11-16(21)14-7-2-1-3-8-14/h4-5,9-10,14,16H,1-3,6-8,11-13H2. The topological polar surface area (TPSA) is 51.0 Å². The normalized spacial score (nSPS) is 22.8. The average Bonchev–Trinajstić information content (AvgIpc) is 3.23. The van der Waals surface area contributed by atoms with Crippen molar-refractivity contribution >= 4 is 16.9 Å². The Hall–Kier alpha value is -1.91. The minimum atomic E-state index is 0.203. The van der Waals surface area contributed by atoms with E-state index in [1.165, 1.54) is 38.5 Å². The molecule has 1 aromatic carbocycles. The smallest absolute Gasteiger partial charge is 0.244 e. The van der Waals surface area contributed by atoms with Gasteiger partial charge in [0, 0.05) is 12.6 Å². The van der Waals surface area contributed by atoms with E-state index in [9.17, 15) is 4.79 Å². The molecule has 1 aromatic heterocycles. The molecule has 2 aliphatic rings. The molecule has 5 nitrogen and oxygen atoms in total. The summed E-state index contributed by atoms with van der Waals surface area (Å²) in [5.41, 5.74) is 1.79. The zero-order valence-corrected chi connectivity index (χ0v) is 13.5. The van der Waals surface area contributed by atoms with E-state index in [1.807, 2.05) is 24.3 Å². The third-order valence-electron chi connectivity index (χ3n) is 5.52. The number of carbonyl (C=O) groups is 1. The molecule has 122 valence electrons. The van der Waals surface area contributed by atoms with Gasteiger partial charge in [0.25, 0.3) is 0 Å². The van der Waals surface area contributed by atoms with Crippen LogP contribution in [-0.2, 0) is 11.3 Å². The van der Waals surface area contributed by atoms with E-state index < -0.39 is 0 Å². The van der Waals surface area contributed by atoms with Gasteiger partial charge in [-0.1, -0.05) is 36.6 Å². The Bertz CT molecular complexity index is 689. The highest BCUT2D eigenvalue weighted by atomic mass is 16.2. The molecule has 0 spiro atoms. The molecule has 1 saturated carbocycles. The maximum atomic E-state index is 12.8. The van der Waals surface area contributed by atoms with Gasteiger partial charge < -0.3 is 4.90 Å². The molecule has 1 saturated heterocycles. The Balaban J connectivity index is 1.49. The van der Waals surface area contributed by atoms with E-state index in [-0.39, 0.29) is 5.91 Å². The van der Waals surface area contributed by atoms with Crippen LogP contribution in [0.4, 0.5) is 0 Å². The Morgan fingerprint density at radius 1 is 1.09 bits per heavy atom. The third kappa shape index (κ3) is 2.84. The maximum absolute atomic E-state index is 12.8. The largest absolute Gasteiger partial charge is 0.338 e. The zero-order valence-electron chi connectivity index (χ0n) is 13.5. The summed E-state index contributed by atoms with van der Waals surface area (Å²) in [5.74, 6) is 0.913. The van der Waals surface area contributed by atoms with E-state index in [4.69, 9.17) is 0 Å². The molecular formula is C18H24N4O. The molecule has 5 heteroatoms. The predicted octanol–water partition coefficient (Wildman–Crippen LogP) is 3.00. The second kappa shape index (κ2) is 6.30. The maximum Gasteiger partial charge on any atom is 0.244 e. The number of hydrogen-bond donors (Lipinski definition) is 0. The van der Waals surface area contributed by atoms with Crippen molar-refractivity contribution in [3.63, 3.8) is 0 Å². The van der Waals surface area contributed by atoms with Crippen molar-refractivity contribution in [1.82, 2.24) is 19.9 Å². The highest BCUT2D eigenvalue weighted by molar-refractivity contribution is 5.80. The quantitative estimate of drug-likeness (QED) is 0.875. The highest BCUT2D eigenvalue weighted by Crippen LogP contribution is 2.34. The van der Waals surface area contributed by atoms with Crippen molar-refractivity contribution in [2.45, 2.75) is 57.5 Å². The van der Waals surface area contributed by atoms with Gasteiger partial charge in [0.05, 0.1) is 5.52 Å². The Labute approximate surface area is 136 Å². The summed E-state index contributed by atoms with van der Waals surface area (Å²) in [5, 5.41) is 8.31. The summed E-state index contributed by atoms with van der Waals surface area (Å²) in [6.45, 7) is 1.22. The Kier molecular flexibility index (Phi) is 4.02. The van der Waals surface area contributed by atoms with Crippen LogP contribution in [-0.4, -0.2) is 38.4 Å². The molecule has 2 fully saturated rings. The monoisotopic (exact) mass is 312 g/mol. The molecule has 0 radical (unpaired) electrons. The number of aromatic nitrogens is 3. The number of nitrogens with zero attached hydrogens (tertiary/aromatic N) is 4. The number of hydrogen-bond acceptors (Lipinski definition) is 3. The molecule has 2 aromatic rings. The fourth-order valence-electron chi connectivity index (χ4n) is 4.36. The molecule has 23 heavy (non-hydrogen) atoms. The summed E-state index contributed by atoms with van der Waals surface area (Å²) < 4.78 is 1.74. The Morgan fingerprint density at radius 2 is 1.91 bits per heavy atom. The van der Waals surface area contributed by atoms with Crippen LogP contribution in [0.5, 0.6) is 0 Å². The van der Waals surface area contributed by atoms with Crippen molar-refractivity contribution in [3.05, 3.63) is 24.3 Å². The van der Waals surface area contributed by atoms with E-state index in [2.05, 4.69) is 15.2 Å². The molecule has 1 amide bonds. The number of amides is 1. The van der Waals surface area contributed by atoms with Crippen LogP contribution in [0.15, 0.2) is 24.3 Å². The van der Waals surface area contributed by atoms with Crippen LogP contribution in [0.25, 0.3) is 11.0 Å². The minimum Gasteiger partial charge on any atom is -0.338 e. The summed E-state index contributed by atoms with van der Waals surface area (Å²) in [4.78, 5) is 15.0. The fourth-order valence-corrected chi connectivity index (χ4v) is 4.36. The summed E-state index contributed by atoms with van der Waals surface area (Å²) >= 11 is 0. The highest BCUT2D eigenvalue weighted by Gasteiger charge is 2.35. The van der Waals surface area contributed by atoms with Crippen LogP contribution in [0, 0.1) is 5.92 Å². The number of rotatable bonds is 3. The molecule has 0 bridgehead atoms. The minimum absolute atomic E-state index is 0.203. The number of carbonyl (C=O) groups excluding carboxylic acids is 1. The van der Waals surface area contributed by atoms with Gasteiger partial charge in [0.2, 0.25) is 5.91 Å². The second-order valence-electron chi connectivity index (χ2n) is 6.93. The molecule has 1 atom stereocenters. The average molecular weight is 312 g/mol. The summed E-state index contributed by atoms with van der Waals surface area (Å²) in [7, 11) is 0. The SMILES string of the molecule is O=C(Cn1nnc2ccccc21)N1CCCC1C1CCCCC1. The van der Waals surface area contributed by atoms with E-state index >= 15 is 0 Å². The van der Waals surface area contributed by atoms with Gasteiger partial charge in [0.15, 0.2) is 0 Å². The van der Waals surface area contributed by atoms with Crippen molar-refractivity contribution in [2.75, 3.05) is 6.54 Å². The van der Waals surface area contributed by atoms with Gasteiger partial charge in [-0.25, -0.2) is 4.68 Å². The van der Waals surface area contributed by atoms with Crippen molar-refractivity contribution in [1.29, 1.82) is 0 Å². The lowest BCUT2D eigenvalue weighted by molar-refractivity contribution is -0.134. The van der Waals surface area contributed by atoms with E-state index in [0.29, 0.717) is 18.5 Å². The number of para-hydroxylation sites is 1. The van der Waals surface area contributed by atoms with E-state index in [0.717, 1.165) is 24.0 Å². The van der Waals surface area contributed by atoms with Crippen LogP contribution < -0.4 is 0 Å². The molecule has 4 rings (SSSR count).